The van der Waals surface area contributed by atoms with E-state index in [-0.39, 0.29) is 12.1 Å². The van der Waals surface area contributed by atoms with Crippen molar-refractivity contribution in [2.75, 3.05) is 13.7 Å². The van der Waals surface area contributed by atoms with Crippen LogP contribution in [0.4, 0.5) is 4.79 Å². The van der Waals surface area contributed by atoms with Gasteiger partial charge < -0.3 is 15.4 Å². The quantitative estimate of drug-likeness (QED) is 0.861. The predicted molar refractivity (Wildman–Crippen MR) is 85.4 cm³/mol. The number of urea groups is 1. The van der Waals surface area contributed by atoms with Gasteiger partial charge in [-0.25, -0.2) is 4.79 Å². The second kappa shape index (κ2) is 8.14. The summed E-state index contributed by atoms with van der Waals surface area (Å²) in [7, 11) is 1.63. The van der Waals surface area contributed by atoms with Gasteiger partial charge in [-0.3, -0.25) is 4.98 Å². The smallest absolute Gasteiger partial charge is 0.315 e. The molecule has 5 nitrogen and oxygen atoms in total. The van der Waals surface area contributed by atoms with Gasteiger partial charge in [0, 0.05) is 19.9 Å². The van der Waals surface area contributed by atoms with Gasteiger partial charge in [-0.1, -0.05) is 36.4 Å². The van der Waals surface area contributed by atoms with Gasteiger partial charge in [0.1, 0.15) is 0 Å². The number of nitrogens with zero attached hydrogens (tertiary/aromatic N) is 1. The first-order chi connectivity index (χ1) is 10.7. The molecular formula is C17H21N3O2. The number of benzene rings is 1. The average molecular weight is 299 g/mol. The van der Waals surface area contributed by atoms with E-state index in [4.69, 9.17) is 4.74 Å². The normalized spacial score (nSPS) is 11.7. The first kappa shape index (κ1) is 16.0. The molecule has 1 atom stereocenters. The molecule has 116 valence electrons. The van der Waals surface area contributed by atoms with Crippen LogP contribution in [-0.4, -0.2) is 24.7 Å². The van der Waals surface area contributed by atoms with Gasteiger partial charge in [0.05, 0.1) is 18.3 Å². The summed E-state index contributed by atoms with van der Waals surface area (Å²) in [5, 5.41) is 5.62. The Kier molecular flexibility index (Phi) is 5.91. The van der Waals surface area contributed by atoms with Crippen molar-refractivity contribution in [1.29, 1.82) is 0 Å². The highest BCUT2D eigenvalue weighted by atomic mass is 16.5. The zero-order valence-electron chi connectivity index (χ0n) is 12.9. The van der Waals surface area contributed by atoms with E-state index in [1.807, 2.05) is 49.4 Å². The van der Waals surface area contributed by atoms with Crippen molar-refractivity contribution >= 4 is 6.03 Å². The third-order valence-electron chi connectivity index (χ3n) is 3.44. The lowest BCUT2D eigenvalue weighted by Gasteiger charge is -2.17. The van der Waals surface area contributed by atoms with Crippen LogP contribution in [0.1, 0.15) is 22.9 Å². The molecule has 1 aromatic carbocycles. The Hall–Kier alpha value is -2.40. The topological polar surface area (TPSA) is 63.2 Å². The van der Waals surface area contributed by atoms with Crippen molar-refractivity contribution in [3.05, 3.63) is 65.5 Å². The molecule has 1 heterocycles. The summed E-state index contributed by atoms with van der Waals surface area (Å²) in [4.78, 5) is 16.1. The second-order valence-electron chi connectivity index (χ2n) is 4.97. The molecule has 0 fully saturated rings. The number of carbonyl (C=O) groups is 1. The van der Waals surface area contributed by atoms with E-state index in [9.17, 15) is 4.79 Å². The lowest BCUT2D eigenvalue weighted by molar-refractivity contribution is 0.104. The number of aryl methyl sites for hydroxylation is 1. The third-order valence-corrected chi connectivity index (χ3v) is 3.44. The molecule has 0 aliphatic heterocycles. The lowest BCUT2D eigenvalue weighted by atomic mass is 10.1. The lowest BCUT2D eigenvalue weighted by Crippen LogP contribution is -2.38. The van der Waals surface area contributed by atoms with Crippen molar-refractivity contribution in [2.24, 2.45) is 0 Å². The van der Waals surface area contributed by atoms with Gasteiger partial charge >= 0.3 is 6.03 Å². The van der Waals surface area contributed by atoms with E-state index in [1.54, 1.807) is 13.3 Å². The van der Waals surface area contributed by atoms with Crippen LogP contribution >= 0.6 is 0 Å². The first-order valence-corrected chi connectivity index (χ1v) is 7.20. The number of amides is 2. The zero-order chi connectivity index (χ0) is 15.8. The Morgan fingerprint density at radius 2 is 1.95 bits per heavy atom. The molecule has 2 rings (SSSR count). The van der Waals surface area contributed by atoms with Crippen LogP contribution < -0.4 is 10.6 Å². The van der Waals surface area contributed by atoms with Crippen LogP contribution in [0.5, 0.6) is 0 Å². The summed E-state index contributed by atoms with van der Waals surface area (Å²) >= 11 is 0. The van der Waals surface area contributed by atoms with Gasteiger partial charge in [0.25, 0.3) is 0 Å². The Balaban J connectivity index is 1.81. The van der Waals surface area contributed by atoms with Gasteiger partial charge in [0.2, 0.25) is 0 Å². The Labute approximate surface area is 130 Å². The number of pyridine rings is 1. The van der Waals surface area contributed by atoms with Crippen molar-refractivity contribution in [3.63, 3.8) is 0 Å². The molecule has 0 bridgehead atoms. The van der Waals surface area contributed by atoms with Gasteiger partial charge in [-0.2, -0.15) is 0 Å². The minimum Gasteiger partial charge on any atom is -0.375 e. The summed E-state index contributed by atoms with van der Waals surface area (Å²) in [6.45, 7) is 2.79. The van der Waals surface area contributed by atoms with E-state index in [2.05, 4.69) is 15.6 Å². The van der Waals surface area contributed by atoms with E-state index in [0.29, 0.717) is 13.1 Å². The first-order valence-electron chi connectivity index (χ1n) is 7.20. The number of nitrogens with one attached hydrogen (secondary N) is 2. The molecule has 1 aromatic heterocycles. The predicted octanol–water partition coefficient (Wildman–Crippen LogP) is 2.58. The van der Waals surface area contributed by atoms with Crippen LogP contribution in [0.3, 0.4) is 0 Å². The number of rotatable bonds is 6. The average Bonchev–Trinajstić information content (AvgIpc) is 2.55. The highest BCUT2D eigenvalue weighted by molar-refractivity contribution is 5.73. The zero-order valence-corrected chi connectivity index (χ0v) is 12.9. The van der Waals surface area contributed by atoms with Crippen molar-refractivity contribution < 1.29 is 9.53 Å². The molecule has 0 aliphatic carbocycles. The number of ether oxygens (including phenoxy) is 1. The Morgan fingerprint density at radius 1 is 1.18 bits per heavy atom. The minimum absolute atomic E-state index is 0.163. The highest BCUT2D eigenvalue weighted by Gasteiger charge is 2.11. The van der Waals surface area contributed by atoms with E-state index < -0.39 is 0 Å². The van der Waals surface area contributed by atoms with Crippen LogP contribution in [0, 0.1) is 6.92 Å². The summed E-state index contributed by atoms with van der Waals surface area (Å²) in [6, 6.07) is 13.4. The van der Waals surface area contributed by atoms with Gasteiger partial charge in [0.15, 0.2) is 0 Å². The molecule has 5 heteroatoms. The molecule has 2 aromatic rings. The third kappa shape index (κ3) is 4.56. The van der Waals surface area contributed by atoms with E-state index in [1.165, 1.54) is 0 Å². The number of carbonyl (C=O) groups excluding carboxylic acids is 1. The summed E-state index contributed by atoms with van der Waals surface area (Å²) in [5.74, 6) is 0. The molecule has 0 radical (unpaired) electrons. The van der Waals surface area contributed by atoms with Gasteiger partial charge in [-0.15, -0.1) is 0 Å². The van der Waals surface area contributed by atoms with Crippen molar-refractivity contribution in [3.8, 4) is 0 Å². The van der Waals surface area contributed by atoms with Crippen molar-refractivity contribution in [1.82, 2.24) is 15.6 Å². The Bertz CT molecular complexity index is 602. The molecule has 2 amide bonds. The maximum atomic E-state index is 11.9. The summed E-state index contributed by atoms with van der Waals surface area (Å²) in [5.41, 5.74) is 2.96. The Morgan fingerprint density at radius 3 is 2.64 bits per heavy atom. The molecular weight excluding hydrogens is 278 g/mol. The standard InChI is InChI=1S/C17H21N3O2/c1-13-7-6-10-18-15(13)11-19-17(21)20-12-16(22-2)14-8-4-3-5-9-14/h3-10,16H,11-12H2,1-2H3,(H2,19,20,21)/t16-/m1/s1. The molecule has 0 spiro atoms. The highest BCUT2D eigenvalue weighted by Crippen LogP contribution is 2.14. The number of hydrogen-bond acceptors (Lipinski definition) is 3. The van der Waals surface area contributed by atoms with E-state index in [0.717, 1.165) is 16.8 Å². The molecule has 22 heavy (non-hydrogen) atoms. The molecule has 0 saturated heterocycles. The fraction of sp³-hybridized carbons (Fsp3) is 0.294. The van der Waals surface area contributed by atoms with Crippen LogP contribution in [-0.2, 0) is 11.3 Å². The van der Waals surface area contributed by atoms with Crippen LogP contribution in [0.2, 0.25) is 0 Å². The SMILES string of the molecule is CO[C@H](CNC(=O)NCc1ncccc1C)c1ccccc1. The van der Waals surface area contributed by atoms with Crippen LogP contribution in [0.25, 0.3) is 0 Å². The minimum atomic E-state index is -0.233. The summed E-state index contributed by atoms with van der Waals surface area (Å²) < 4.78 is 5.41. The fourth-order valence-electron chi connectivity index (χ4n) is 2.12. The number of aromatic nitrogens is 1. The van der Waals surface area contributed by atoms with Gasteiger partial charge in [-0.05, 0) is 24.1 Å². The molecule has 0 aliphatic rings. The van der Waals surface area contributed by atoms with E-state index >= 15 is 0 Å². The second-order valence-corrected chi connectivity index (χ2v) is 4.97. The number of methoxy groups -OCH3 is 1. The monoisotopic (exact) mass is 299 g/mol. The summed E-state index contributed by atoms with van der Waals surface area (Å²) in [6.07, 6.45) is 1.56. The maximum absolute atomic E-state index is 11.9. The van der Waals surface area contributed by atoms with Crippen LogP contribution in [0.15, 0.2) is 48.7 Å². The number of hydrogen-bond donors (Lipinski definition) is 2. The molecule has 0 saturated carbocycles. The molecule has 2 N–H and O–H groups in total. The molecule has 0 unspecified atom stereocenters. The fourth-order valence-corrected chi connectivity index (χ4v) is 2.12. The largest absolute Gasteiger partial charge is 0.375 e. The maximum Gasteiger partial charge on any atom is 0.315 e. The van der Waals surface area contributed by atoms with Crippen molar-refractivity contribution in [2.45, 2.75) is 19.6 Å².